The van der Waals surface area contributed by atoms with Crippen LogP contribution in [-0.2, 0) is 11.3 Å². The normalized spacial score (nSPS) is 28.8. The molecule has 150 valence electrons. The maximum Gasteiger partial charge on any atom is 0.159 e. The predicted octanol–water partition coefficient (Wildman–Crippen LogP) is 7.20. The minimum absolute atomic E-state index is 0.268. The fourth-order valence-electron chi connectivity index (χ4n) is 5.07. The Balaban J connectivity index is 1.34. The SMILES string of the molecule is C=CCCC[C@H]1CC[C@H]([C@H]2CC[C@H](OCc3ccc(F)c(F)c3)CC2)CC1. The maximum absolute atomic E-state index is 13.3. The molecule has 0 N–H and O–H groups in total. The molecule has 0 unspecified atom stereocenters. The summed E-state index contributed by atoms with van der Waals surface area (Å²) >= 11 is 0. The molecule has 27 heavy (non-hydrogen) atoms. The molecule has 0 aromatic heterocycles. The number of allylic oxidation sites excluding steroid dienone is 1. The zero-order valence-corrected chi connectivity index (χ0v) is 16.5. The lowest BCUT2D eigenvalue weighted by Crippen LogP contribution is -2.28. The molecule has 1 nitrogen and oxygen atoms in total. The molecule has 3 heteroatoms. The van der Waals surface area contributed by atoms with Gasteiger partial charge in [0.2, 0.25) is 0 Å². The summed E-state index contributed by atoms with van der Waals surface area (Å²) in [5.41, 5.74) is 0.714. The molecule has 2 aliphatic rings. The van der Waals surface area contributed by atoms with E-state index >= 15 is 0 Å². The quantitative estimate of drug-likeness (QED) is 0.344. The molecule has 0 saturated heterocycles. The number of benzene rings is 1. The van der Waals surface area contributed by atoms with Crippen LogP contribution in [-0.4, -0.2) is 6.10 Å². The summed E-state index contributed by atoms with van der Waals surface area (Å²) in [6.45, 7) is 4.20. The van der Waals surface area contributed by atoms with Crippen molar-refractivity contribution in [3.8, 4) is 0 Å². The molecule has 0 spiro atoms. The van der Waals surface area contributed by atoms with Gasteiger partial charge in [0, 0.05) is 0 Å². The Morgan fingerprint density at radius 3 is 2.22 bits per heavy atom. The number of unbranched alkanes of at least 4 members (excludes halogenated alkanes) is 1. The van der Waals surface area contributed by atoms with Crippen LogP contribution in [0.15, 0.2) is 30.9 Å². The van der Waals surface area contributed by atoms with E-state index in [1.54, 1.807) is 6.07 Å². The van der Waals surface area contributed by atoms with Crippen LogP contribution in [0.4, 0.5) is 8.78 Å². The average molecular weight is 377 g/mol. The third-order valence-corrected chi connectivity index (χ3v) is 6.77. The molecule has 0 atom stereocenters. The molecule has 2 fully saturated rings. The van der Waals surface area contributed by atoms with Crippen molar-refractivity contribution >= 4 is 0 Å². The molecular formula is C24H34F2O. The van der Waals surface area contributed by atoms with Crippen molar-refractivity contribution in [2.75, 3.05) is 0 Å². The molecule has 2 aliphatic carbocycles. The van der Waals surface area contributed by atoms with Crippen LogP contribution in [0.25, 0.3) is 0 Å². The van der Waals surface area contributed by atoms with Crippen molar-refractivity contribution < 1.29 is 13.5 Å². The molecule has 0 aliphatic heterocycles. The van der Waals surface area contributed by atoms with Crippen LogP contribution in [0.2, 0.25) is 0 Å². The molecule has 2 saturated carbocycles. The Bertz CT molecular complexity index is 584. The molecule has 0 radical (unpaired) electrons. The predicted molar refractivity (Wildman–Crippen MR) is 106 cm³/mol. The van der Waals surface area contributed by atoms with Gasteiger partial charge in [0.1, 0.15) is 0 Å². The maximum atomic E-state index is 13.3. The van der Waals surface area contributed by atoms with Gasteiger partial charge in [0.05, 0.1) is 12.7 Å². The van der Waals surface area contributed by atoms with E-state index in [1.807, 2.05) is 6.08 Å². The molecule has 1 aromatic carbocycles. The van der Waals surface area contributed by atoms with E-state index in [4.69, 9.17) is 4.74 Å². The highest BCUT2D eigenvalue weighted by molar-refractivity contribution is 5.16. The lowest BCUT2D eigenvalue weighted by Gasteiger charge is -2.37. The second-order valence-electron chi connectivity index (χ2n) is 8.60. The highest BCUT2D eigenvalue weighted by Crippen LogP contribution is 2.41. The minimum atomic E-state index is -0.797. The Morgan fingerprint density at radius 1 is 0.926 bits per heavy atom. The smallest absolute Gasteiger partial charge is 0.159 e. The van der Waals surface area contributed by atoms with Gasteiger partial charge < -0.3 is 4.74 Å². The molecule has 3 rings (SSSR count). The zero-order chi connectivity index (χ0) is 19.1. The lowest BCUT2D eigenvalue weighted by atomic mass is 9.70. The Hall–Kier alpha value is -1.22. The second-order valence-corrected chi connectivity index (χ2v) is 8.60. The molecule has 0 amide bonds. The summed E-state index contributed by atoms with van der Waals surface area (Å²) < 4.78 is 32.3. The standard InChI is InChI=1S/C24H34F2O/c1-2-3-4-5-18-6-9-20(10-7-18)21-11-13-22(14-12-21)27-17-19-8-15-23(25)24(26)16-19/h2,8,15-16,18,20-22H,1,3-7,9-14,17H2/t18-,20-,21-,22-. The van der Waals surface area contributed by atoms with Crippen molar-refractivity contribution in [3.05, 3.63) is 48.1 Å². The van der Waals surface area contributed by atoms with Crippen LogP contribution < -0.4 is 0 Å². The summed E-state index contributed by atoms with van der Waals surface area (Å²) in [4.78, 5) is 0. The van der Waals surface area contributed by atoms with E-state index in [0.29, 0.717) is 12.2 Å². The minimum Gasteiger partial charge on any atom is -0.374 e. The molecule has 1 aromatic rings. The first-order valence-electron chi connectivity index (χ1n) is 10.8. The van der Waals surface area contributed by atoms with Gasteiger partial charge in [-0.3, -0.25) is 0 Å². The van der Waals surface area contributed by atoms with Crippen LogP contribution in [0.1, 0.15) is 76.2 Å². The summed E-state index contributed by atoms with van der Waals surface area (Å²) in [5, 5.41) is 0. The van der Waals surface area contributed by atoms with Crippen molar-refractivity contribution in [1.29, 1.82) is 0 Å². The van der Waals surface area contributed by atoms with Gasteiger partial charge in [-0.05, 0) is 86.8 Å². The molecule has 0 bridgehead atoms. The van der Waals surface area contributed by atoms with Gasteiger partial charge >= 0.3 is 0 Å². The fraction of sp³-hybridized carbons (Fsp3) is 0.667. The highest BCUT2D eigenvalue weighted by atomic mass is 19.2. The second kappa shape index (κ2) is 10.4. The largest absolute Gasteiger partial charge is 0.374 e. The number of hydrogen-bond donors (Lipinski definition) is 0. The van der Waals surface area contributed by atoms with Gasteiger partial charge in [-0.15, -0.1) is 6.58 Å². The number of hydrogen-bond acceptors (Lipinski definition) is 1. The molecular weight excluding hydrogens is 342 g/mol. The Kier molecular flexibility index (Phi) is 7.87. The Labute approximate surface area is 163 Å². The topological polar surface area (TPSA) is 9.23 Å². The third-order valence-electron chi connectivity index (χ3n) is 6.77. The van der Waals surface area contributed by atoms with Gasteiger partial charge in [0.25, 0.3) is 0 Å². The monoisotopic (exact) mass is 376 g/mol. The summed E-state index contributed by atoms with van der Waals surface area (Å²) in [6.07, 6.45) is 16.5. The van der Waals surface area contributed by atoms with Crippen molar-refractivity contribution in [3.63, 3.8) is 0 Å². The van der Waals surface area contributed by atoms with E-state index in [0.717, 1.165) is 37.0 Å². The Morgan fingerprint density at radius 2 is 1.59 bits per heavy atom. The number of ether oxygens (including phenoxy) is 1. The summed E-state index contributed by atoms with van der Waals surface area (Å²) in [5.74, 6) is 1.13. The zero-order valence-electron chi connectivity index (χ0n) is 16.5. The van der Waals surface area contributed by atoms with Gasteiger partial charge in [-0.2, -0.15) is 0 Å². The van der Waals surface area contributed by atoms with E-state index in [1.165, 1.54) is 63.5 Å². The van der Waals surface area contributed by atoms with Crippen LogP contribution >= 0.6 is 0 Å². The first kappa shape index (κ1) is 20.5. The first-order valence-corrected chi connectivity index (χ1v) is 10.8. The van der Waals surface area contributed by atoms with Crippen molar-refractivity contribution in [1.82, 2.24) is 0 Å². The van der Waals surface area contributed by atoms with Crippen molar-refractivity contribution in [2.24, 2.45) is 17.8 Å². The van der Waals surface area contributed by atoms with Gasteiger partial charge in [-0.1, -0.05) is 31.4 Å². The number of rotatable bonds is 8. The van der Waals surface area contributed by atoms with Crippen LogP contribution in [0.5, 0.6) is 0 Å². The van der Waals surface area contributed by atoms with Crippen molar-refractivity contribution in [2.45, 2.75) is 83.3 Å². The average Bonchev–Trinajstić information content (AvgIpc) is 2.70. The van der Waals surface area contributed by atoms with Crippen LogP contribution in [0, 0.1) is 29.4 Å². The van der Waals surface area contributed by atoms with E-state index < -0.39 is 11.6 Å². The van der Waals surface area contributed by atoms with Gasteiger partial charge in [-0.25, -0.2) is 8.78 Å². The van der Waals surface area contributed by atoms with E-state index in [2.05, 4.69) is 6.58 Å². The highest BCUT2D eigenvalue weighted by Gasteiger charge is 2.31. The fourth-order valence-corrected chi connectivity index (χ4v) is 5.07. The third kappa shape index (κ3) is 6.14. The van der Waals surface area contributed by atoms with E-state index in [9.17, 15) is 8.78 Å². The molecule has 0 heterocycles. The summed E-state index contributed by atoms with van der Waals surface area (Å²) in [6, 6.07) is 4.03. The summed E-state index contributed by atoms with van der Waals surface area (Å²) in [7, 11) is 0. The lowest BCUT2D eigenvalue weighted by molar-refractivity contribution is -0.00296. The van der Waals surface area contributed by atoms with E-state index in [-0.39, 0.29) is 6.10 Å². The first-order chi connectivity index (χ1) is 13.2. The van der Waals surface area contributed by atoms with Crippen LogP contribution in [0.3, 0.4) is 0 Å². The number of halogens is 2. The van der Waals surface area contributed by atoms with Gasteiger partial charge in [0.15, 0.2) is 11.6 Å².